The van der Waals surface area contributed by atoms with Gasteiger partial charge in [-0.1, -0.05) is 0 Å². The van der Waals surface area contributed by atoms with E-state index in [2.05, 4.69) is 5.32 Å². The monoisotopic (exact) mass is 270 g/mol. The third-order valence-corrected chi connectivity index (χ3v) is 3.89. The van der Waals surface area contributed by atoms with Crippen molar-refractivity contribution in [1.82, 2.24) is 10.2 Å². The fourth-order valence-electron chi connectivity index (χ4n) is 2.73. The number of aliphatic carboxylic acids is 1. The Bertz CT molecular complexity index is 377. The lowest BCUT2D eigenvalue weighted by molar-refractivity contribution is -0.139. The Kier molecular flexibility index (Phi) is 3.71. The second kappa shape index (κ2) is 5.00. The van der Waals surface area contributed by atoms with E-state index in [1.807, 2.05) is 13.8 Å². The zero-order valence-corrected chi connectivity index (χ0v) is 11.6. The van der Waals surface area contributed by atoms with Crippen LogP contribution in [0.3, 0.4) is 0 Å². The summed E-state index contributed by atoms with van der Waals surface area (Å²) in [7, 11) is 0. The van der Waals surface area contributed by atoms with Crippen LogP contribution in [-0.2, 0) is 9.53 Å². The molecule has 108 valence electrons. The Morgan fingerprint density at radius 2 is 2.05 bits per heavy atom. The molecule has 6 nitrogen and oxygen atoms in total. The molecule has 1 aliphatic heterocycles. The highest BCUT2D eigenvalue weighted by Crippen LogP contribution is 2.35. The van der Waals surface area contributed by atoms with Crippen LogP contribution in [0, 0.1) is 0 Å². The van der Waals surface area contributed by atoms with Gasteiger partial charge in [-0.25, -0.2) is 4.79 Å². The van der Waals surface area contributed by atoms with Gasteiger partial charge in [0.25, 0.3) is 0 Å². The van der Waals surface area contributed by atoms with Gasteiger partial charge in [-0.05, 0) is 33.1 Å². The van der Waals surface area contributed by atoms with Crippen molar-refractivity contribution in [3.05, 3.63) is 0 Å². The molecule has 0 spiro atoms. The van der Waals surface area contributed by atoms with Gasteiger partial charge >= 0.3 is 12.0 Å². The quantitative estimate of drug-likeness (QED) is 0.807. The van der Waals surface area contributed by atoms with E-state index in [0.717, 1.165) is 19.3 Å². The van der Waals surface area contributed by atoms with Crippen molar-refractivity contribution in [2.24, 2.45) is 0 Å². The van der Waals surface area contributed by atoms with Crippen molar-refractivity contribution in [2.75, 3.05) is 19.7 Å². The van der Waals surface area contributed by atoms with E-state index in [4.69, 9.17) is 9.84 Å². The number of amides is 2. The van der Waals surface area contributed by atoms with Crippen LogP contribution in [0.25, 0.3) is 0 Å². The van der Waals surface area contributed by atoms with E-state index in [1.165, 1.54) is 0 Å². The molecule has 1 saturated heterocycles. The number of ether oxygens (including phenoxy) is 1. The molecule has 0 aromatic rings. The summed E-state index contributed by atoms with van der Waals surface area (Å²) in [6.45, 7) is 5.50. The predicted octanol–water partition coefficient (Wildman–Crippen LogP) is 1.20. The van der Waals surface area contributed by atoms with Gasteiger partial charge in [0.05, 0.1) is 30.7 Å². The lowest BCUT2D eigenvalue weighted by atomic mass is 9.74. The van der Waals surface area contributed by atoms with Crippen molar-refractivity contribution in [3.63, 3.8) is 0 Å². The maximum absolute atomic E-state index is 12.2. The van der Waals surface area contributed by atoms with Crippen LogP contribution in [0.15, 0.2) is 0 Å². The van der Waals surface area contributed by atoms with Gasteiger partial charge in [-0.2, -0.15) is 0 Å². The number of hydrogen-bond donors (Lipinski definition) is 2. The van der Waals surface area contributed by atoms with Crippen molar-refractivity contribution in [1.29, 1.82) is 0 Å². The number of nitrogens with one attached hydrogen (secondary N) is 1. The fraction of sp³-hybridized carbons (Fsp3) is 0.846. The lowest BCUT2D eigenvalue weighted by Crippen LogP contribution is -2.61. The van der Waals surface area contributed by atoms with Gasteiger partial charge in [0, 0.05) is 6.54 Å². The van der Waals surface area contributed by atoms with Gasteiger partial charge in [0.2, 0.25) is 0 Å². The van der Waals surface area contributed by atoms with Crippen molar-refractivity contribution >= 4 is 12.0 Å². The summed E-state index contributed by atoms with van der Waals surface area (Å²) in [6.07, 6.45) is 2.48. The molecule has 0 bridgehead atoms. The summed E-state index contributed by atoms with van der Waals surface area (Å²) >= 11 is 0. The van der Waals surface area contributed by atoms with E-state index in [1.54, 1.807) is 4.90 Å². The van der Waals surface area contributed by atoms with Gasteiger partial charge in [0.15, 0.2) is 0 Å². The average Bonchev–Trinajstić information content (AvgIpc) is 2.23. The van der Waals surface area contributed by atoms with Crippen LogP contribution in [0.1, 0.15) is 39.5 Å². The van der Waals surface area contributed by atoms with Crippen LogP contribution in [0.2, 0.25) is 0 Å². The highest BCUT2D eigenvalue weighted by Gasteiger charge is 2.42. The van der Waals surface area contributed by atoms with E-state index in [9.17, 15) is 9.59 Å². The SMILES string of the molecule is CC1(C)CN(C(=O)NC2(CC(=O)O)CCC2)CCO1. The Labute approximate surface area is 113 Å². The molecule has 0 aromatic carbocycles. The minimum atomic E-state index is -0.859. The molecule has 2 aliphatic rings. The summed E-state index contributed by atoms with van der Waals surface area (Å²) in [5.74, 6) is -0.859. The molecule has 19 heavy (non-hydrogen) atoms. The second-order valence-electron chi connectivity index (χ2n) is 6.16. The summed E-state index contributed by atoms with van der Waals surface area (Å²) in [6, 6.07) is -0.169. The van der Waals surface area contributed by atoms with E-state index >= 15 is 0 Å². The summed E-state index contributed by atoms with van der Waals surface area (Å²) in [5, 5.41) is 11.9. The first-order chi connectivity index (χ1) is 8.82. The third-order valence-electron chi connectivity index (χ3n) is 3.89. The maximum Gasteiger partial charge on any atom is 0.318 e. The number of carbonyl (C=O) groups excluding carboxylic acids is 1. The molecule has 1 heterocycles. The molecule has 6 heteroatoms. The Balaban J connectivity index is 1.94. The number of hydrogen-bond acceptors (Lipinski definition) is 3. The average molecular weight is 270 g/mol. The Hall–Kier alpha value is -1.30. The van der Waals surface area contributed by atoms with Crippen LogP contribution in [0.5, 0.6) is 0 Å². The van der Waals surface area contributed by atoms with E-state index in [0.29, 0.717) is 19.7 Å². The molecule has 2 N–H and O–H groups in total. The van der Waals surface area contributed by atoms with E-state index < -0.39 is 11.5 Å². The second-order valence-corrected chi connectivity index (χ2v) is 6.16. The van der Waals surface area contributed by atoms with Crippen molar-refractivity contribution in [2.45, 2.75) is 50.7 Å². The smallest absolute Gasteiger partial charge is 0.318 e. The number of carboxylic acid groups (broad SMARTS) is 1. The van der Waals surface area contributed by atoms with E-state index in [-0.39, 0.29) is 18.1 Å². The predicted molar refractivity (Wildman–Crippen MR) is 69.0 cm³/mol. The van der Waals surface area contributed by atoms with Gasteiger partial charge < -0.3 is 20.1 Å². The zero-order chi connectivity index (χ0) is 14.1. The molecule has 1 aliphatic carbocycles. The number of morpholine rings is 1. The number of rotatable bonds is 3. The number of carbonyl (C=O) groups is 2. The Morgan fingerprint density at radius 3 is 2.53 bits per heavy atom. The number of carboxylic acids is 1. The lowest BCUT2D eigenvalue weighted by Gasteiger charge is -2.44. The van der Waals surface area contributed by atoms with Crippen LogP contribution in [-0.4, -0.2) is 52.8 Å². The maximum atomic E-state index is 12.2. The molecule has 0 unspecified atom stereocenters. The fourth-order valence-corrected chi connectivity index (χ4v) is 2.73. The standard InChI is InChI=1S/C13H22N2O4/c1-12(2)9-15(6-7-19-12)11(18)14-13(4-3-5-13)8-10(16)17/h3-9H2,1-2H3,(H,14,18)(H,16,17). The molecular weight excluding hydrogens is 248 g/mol. The first-order valence-electron chi connectivity index (χ1n) is 6.75. The Morgan fingerprint density at radius 1 is 1.37 bits per heavy atom. The first-order valence-corrected chi connectivity index (χ1v) is 6.75. The minimum absolute atomic E-state index is 0.00642. The molecular formula is C13H22N2O4. The molecule has 0 radical (unpaired) electrons. The first kappa shape index (κ1) is 14.1. The third kappa shape index (κ3) is 3.37. The number of urea groups is 1. The highest BCUT2D eigenvalue weighted by atomic mass is 16.5. The van der Waals surface area contributed by atoms with Gasteiger partial charge in [-0.15, -0.1) is 0 Å². The number of nitrogens with zero attached hydrogens (tertiary/aromatic N) is 1. The van der Waals surface area contributed by atoms with Gasteiger partial charge in [-0.3, -0.25) is 4.79 Å². The summed E-state index contributed by atoms with van der Waals surface area (Å²) < 4.78 is 5.56. The zero-order valence-electron chi connectivity index (χ0n) is 11.6. The summed E-state index contributed by atoms with van der Waals surface area (Å²) in [4.78, 5) is 24.8. The van der Waals surface area contributed by atoms with Gasteiger partial charge in [0.1, 0.15) is 0 Å². The molecule has 2 fully saturated rings. The van der Waals surface area contributed by atoms with Crippen LogP contribution in [0.4, 0.5) is 4.79 Å². The molecule has 2 amide bonds. The summed E-state index contributed by atoms with van der Waals surface area (Å²) in [5.41, 5.74) is -0.874. The van der Waals surface area contributed by atoms with Crippen LogP contribution < -0.4 is 5.32 Å². The molecule has 1 saturated carbocycles. The molecule has 2 rings (SSSR count). The normalized spacial score (nSPS) is 24.4. The van der Waals surface area contributed by atoms with Crippen molar-refractivity contribution in [3.8, 4) is 0 Å². The largest absolute Gasteiger partial charge is 0.481 e. The van der Waals surface area contributed by atoms with Crippen LogP contribution >= 0.6 is 0 Å². The molecule has 0 atom stereocenters. The topological polar surface area (TPSA) is 78.9 Å². The minimum Gasteiger partial charge on any atom is -0.481 e. The highest BCUT2D eigenvalue weighted by molar-refractivity contribution is 5.77. The molecule has 0 aromatic heterocycles. The van der Waals surface area contributed by atoms with Crippen molar-refractivity contribution < 1.29 is 19.4 Å².